The van der Waals surface area contributed by atoms with Crippen LogP contribution in [0.5, 0.6) is 0 Å². The summed E-state index contributed by atoms with van der Waals surface area (Å²) < 4.78 is 18.8. The Morgan fingerprint density at radius 2 is 1.51 bits per heavy atom. The van der Waals surface area contributed by atoms with Gasteiger partial charge in [0.2, 0.25) is 11.6 Å². The first-order valence-electron chi connectivity index (χ1n) is 15.6. The minimum atomic E-state index is -0.770. The number of ether oxygens (including phenoxy) is 3. The summed E-state index contributed by atoms with van der Waals surface area (Å²) in [7, 11) is 2.75. The standard InChI is InChI=1S/C39H42N2O6/c1-11-39(7,8)36-28(25-16-12-13-18-27(25)40-36)30-33(43)34(45-9)29(32(42)35(30)46-10)26-21-41(37(44)47-38(4,5)6)31-23(20-19-22(2)3)15-14-17-24(26)31/h11-19,21,40H,1,20H2,2-10H3. The van der Waals surface area contributed by atoms with Gasteiger partial charge >= 0.3 is 6.09 Å². The molecule has 1 N–H and O–H groups in total. The fourth-order valence-electron chi connectivity index (χ4n) is 6.00. The number of hydrogen-bond donors (Lipinski definition) is 1. The lowest BCUT2D eigenvalue weighted by Gasteiger charge is -2.26. The first-order chi connectivity index (χ1) is 22.1. The largest absolute Gasteiger partial charge is 0.492 e. The molecule has 1 aliphatic rings. The number of methoxy groups -OCH3 is 2. The minimum Gasteiger partial charge on any atom is -0.492 e. The average Bonchev–Trinajstić information content (AvgIpc) is 3.60. The summed E-state index contributed by atoms with van der Waals surface area (Å²) in [6, 6.07) is 13.2. The predicted molar refractivity (Wildman–Crippen MR) is 186 cm³/mol. The lowest BCUT2D eigenvalue weighted by atomic mass is 9.80. The number of nitrogens with one attached hydrogen (secondary N) is 1. The summed E-state index contributed by atoms with van der Waals surface area (Å²) in [4.78, 5) is 46.4. The molecule has 0 fully saturated rings. The number of allylic oxidation sites excluding steroid dienone is 5. The Kier molecular flexibility index (Phi) is 8.67. The van der Waals surface area contributed by atoms with E-state index in [0.717, 1.165) is 22.0 Å². The highest BCUT2D eigenvalue weighted by Crippen LogP contribution is 2.44. The van der Waals surface area contributed by atoms with Gasteiger partial charge in [-0.25, -0.2) is 4.79 Å². The summed E-state index contributed by atoms with van der Waals surface area (Å²) in [5, 5.41) is 1.35. The highest BCUT2D eigenvalue weighted by molar-refractivity contribution is 6.48. The van der Waals surface area contributed by atoms with Gasteiger partial charge in [-0.2, -0.15) is 0 Å². The second-order valence-corrected chi connectivity index (χ2v) is 13.5. The van der Waals surface area contributed by atoms with Gasteiger partial charge in [-0.15, -0.1) is 6.58 Å². The van der Waals surface area contributed by atoms with Gasteiger partial charge in [0.25, 0.3) is 0 Å². The van der Waals surface area contributed by atoms with Crippen LogP contribution in [0.25, 0.3) is 33.0 Å². The Balaban J connectivity index is 1.81. The minimum absolute atomic E-state index is 0.00847. The van der Waals surface area contributed by atoms with Crippen LogP contribution in [0.2, 0.25) is 0 Å². The van der Waals surface area contributed by atoms with Gasteiger partial charge in [0.1, 0.15) is 5.60 Å². The molecule has 0 saturated carbocycles. The van der Waals surface area contributed by atoms with Crippen molar-refractivity contribution in [2.24, 2.45) is 0 Å². The van der Waals surface area contributed by atoms with Gasteiger partial charge in [-0.05, 0) is 52.7 Å². The summed E-state index contributed by atoms with van der Waals surface area (Å²) in [6.07, 6.45) is 5.36. The van der Waals surface area contributed by atoms with E-state index in [1.807, 2.05) is 70.2 Å². The number of hydrogen-bond acceptors (Lipinski definition) is 6. The summed E-state index contributed by atoms with van der Waals surface area (Å²) in [6.45, 7) is 17.4. The fourth-order valence-corrected chi connectivity index (χ4v) is 6.00. The summed E-state index contributed by atoms with van der Waals surface area (Å²) in [5.41, 5.74) is 3.72. The third kappa shape index (κ3) is 5.84. The maximum atomic E-state index is 14.7. The molecule has 2 aromatic carbocycles. The van der Waals surface area contributed by atoms with Crippen LogP contribution in [0.4, 0.5) is 4.79 Å². The number of ketones is 2. The van der Waals surface area contributed by atoms with E-state index < -0.39 is 28.7 Å². The molecule has 0 spiro atoms. The van der Waals surface area contributed by atoms with Crippen molar-refractivity contribution >= 4 is 50.6 Å². The molecule has 5 rings (SSSR count). The number of aromatic amines is 1. The van der Waals surface area contributed by atoms with E-state index in [0.29, 0.717) is 34.1 Å². The molecule has 244 valence electrons. The van der Waals surface area contributed by atoms with Crippen molar-refractivity contribution in [2.75, 3.05) is 14.2 Å². The molecule has 0 atom stereocenters. The van der Waals surface area contributed by atoms with Crippen LogP contribution in [-0.4, -0.2) is 47.0 Å². The van der Waals surface area contributed by atoms with E-state index in [1.165, 1.54) is 18.8 Å². The molecule has 0 radical (unpaired) electrons. The van der Waals surface area contributed by atoms with Gasteiger partial charge in [-0.1, -0.05) is 68.0 Å². The zero-order chi connectivity index (χ0) is 34.4. The number of aromatic nitrogens is 2. The van der Waals surface area contributed by atoms with Crippen molar-refractivity contribution in [3.63, 3.8) is 0 Å². The molecule has 0 unspecified atom stereocenters. The monoisotopic (exact) mass is 634 g/mol. The van der Waals surface area contributed by atoms with Crippen molar-refractivity contribution in [1.29, 1.82) is 0 Å². The van der Waals surface area contributed by atoms with Crippen molar-refractivity contribution in [1.82, 2.24) is 9.55 Å². The maximum absolute atomic E-state index is 14.7. The van der Waals surface area contributed by atoms with Crippen molar-refractivity contribution in [3.05, 3.63) is 107 Å². The second kappa shape index (κ2) is 12.2. The Bertz CT molecular complexity index is 2050. The molecule has 8 heteroatoms. The number of H-pyrrole nitrogens is 1. The van der Waals surface area contributed by atoms with Crippen LogP contribution in [0, 0.1) is 0 Å². The van der Waals surface area contributed by atoms with Gasteiger partial charge in [0.05, 0.1) is 30.9 Å². The van der Waals surface area contributed by atoms with Crippen LogP contribution in [0.15, 0.2) is 84.5 Å². The van der Waals surface area contributed by atoms with Crippen molar-refractivity contribution in [3.8, 4) is 0 Å². The van der Waals surface area contributed by atoms with Crippen LogP contribution >= 0.6 is 0 Å². The first kappa shape index (κ1) is 33.3. The molecule has 2 heterocycles. The molecule has 0 aliphatic heterocycles. The van der Waals surface area contributed by atoms with Gasteiger partial charge in [0.15, 0.2) is 11.5 Å². The zero-order valence-electron chi connectivity index (χ0n) is 28.6. The first-order valence-corrected chi connectivity index (χ1v) is 15.6. The number of benzene rings is 2. The number of fused-ring (bicyclic) bond motifs is 2. The van der Waals surface area contributed by atoms with E-state index in [9.17, 15) is 14.4 Å². The molecule has 0 amide bonds. The van der Waals surface area contributed by atoms with Crippen LogP contribution in [0.3, 0.4) is 0 Å². The van der Waals surface area contributed by atoms with Crippen LogP contribution in [0.1, 0.15) is 70.9 Å². The van der Waals surface area contributed by atoms with Crippen LogP contribution < -0.4 is 0 Å². The highest BCUT2D eigenvalue weighted by atomic mass is 16.6. The predicted octanol–water partition coefficient (Wildman–Crippen LogP) is 8.45. The quantitative estimate of drug-likeness (QED) is 0.154. The molecule has 0 saturated heterocycles. The third-order valence-electron chi connectivity index (χ3n) is 8.34. The Hall–Kier alpha value is -5.11. The normalized spacial score (nSPS) is 14.2. The van der Waals surface area contributed by atoms with E-state index in [-0.39, 0.29) is 22.7 Å². The fraction of sp³-hybridized carbons (Fsp3) is 0.308. The van der Waals surface area contributed by atoms with Gasteiger partial charge in [0, 0.05) is 44.7 Å². The highest BCUT2D eigenvalue weighted by Gasteiger charge is 2.42. The topological polar surface area (TPSA) is 99.6 Å². The second-order valence-electron chi connectivity index (χ2n) is 13.5. The molecule has 1 aliphatic carbocycles. The maximum Gasteiger partial charge on any atom is 0.419 e. The average molecular weight is 635 g/mol. The van der Waals surface area contributed by atoms with Crippen LogP contribution in [-0.2, 0) is 35.6 Å². The van der Waals surface area contributed by atoms with Crippen molar-refractivity contribution < 1.29 is 28.6 Å². The number of rotatable bonds is 8. The van der Waals surface area contributed by atoms with Crippen molar-refractivity contribution in [2.45, 2.75) is 65.9 Å². The SMILES string of the molecule is C=CC(C)(C)c1[nH]c2ccccc2c1C1=C(OC)C(=O)C(c2cn(C(=O)OC(C)(C)C)c3c(CC=C(C)C)cccc23)=C(OC)C1=O. The Labute approximate surface area is 275 Å². The summed E-state index contributed by atoms with van der Waals surface area (Å²) >= 11 is 0. The summed E-state index contributed by atoms with van der Waals surface area (Å²) in [5.74, 6) is -1.31. The Morgan fingerprint density at radius 3 is 2.13 bits per heavy atom. The molecule has 47 heavy (non-hydrogen) atoms. The molecular formula is C39H42N2O6. The molecule has 4 aromatic rings. The van der Waals surface area contributed by atoms with E-state index in [2.05, 4.69) is 17.6 Å². The molecular weight excluding hydrogens is 592 g/mol. The Morgan fingerprint density at radius 1 is 0.894 bits per heavy atom. The van der Waals surface area contributed by atoms with E-state index >= 15 is 0 Å². The number of Topliss-reactive ketones (excluding diaryl/α,β-unsaturated/α-hetero) is 2. The molecule has 0 bridgehead atoms. The van der Waals surface area contributed by atoms with E-state index in [1.54, 1.807) is 33.0 Å². The van der Waals surface area contributed by atoms with E-state index in [4.69, 9.17) is 14.2 Å². The third-order valence-corrected chi connectivity index (χ3v) is 8.34. The number of para-hydroxylation sites is 2. The molecule has 8 nitrogen and oxygen atoms in total. The van der Waals surface area contributed by atoms with Gasteiger partial charge in [-0.3, -0.25) is 14.2 Å². The number of carbonyl (C=O) groups excluding carboxylic acids is 3. The number of nitrogens with zero attached hydrogens (tertiary/aromatic N) is 1. The lowest BCUT2D eigenvalue weighted by molar-refractivity contribution is -0.117. The smallest absolute Gasteiger partial charge is 0.419 e. The lowest BCUT2D eigenvalue weighted by Crippen LogP contribution is -2.27. The van der Waals surface area contributed by atoms with Gasteiger partial charge < -0.3 is 19.2 Å². The zero-order valence-corrected chi connectivity index (χ0v) is 28.6. The molecule has 2 aromatic heterocycles. The number of carbonyl (C=O) groups is 3.